The first-order chi connectivity index (χ1) is 9.09. The Bertz CT molecular complexity index is 578. The lowest BCUT2D eigenvalue weighted by Crippen LogP contribution is -2.11. The fourth-order valence-corrected chi connectivity index (χ4v) is 2.50. The Balaban J connectivity index is 3.53. The summed E-state index contributed by atoms with van der Waals surface area (Å²) in [6.45, 7) is 0. The second-order valence-corrected chi connectivity index (χ2v) is 5.17. The van der Waals surface area contributed by atoms with E-state index in [0.717, 1.165) is 0 Å². The highest BCUT2D eigenvalue weighted by atomic mass is 35.5. The molecule has 0 atom stereocenters. The molecule has 1 rings (SSSR count). The molecule has 1 aromatic carbocycles. The van der Waals surface area contributed by atoms with E-state index in [4.69, 9.17) is 40.1 Å². The Morgan fingerprint density at radius 2 is 1.65 bits per heavy atom. The SMILES string of the molecule is CN(C)c1c(Cl)cc(C(C#N)=C(Cl)C(F)(F)F)cc1Cl. The molecule has 2 nitrogen and oxygen atoms in total. The molecule has 0 aliphatic rings. The van der Waals surface area contributed by atoms with Gasteiger partial charge in [0.1, 0.15) is 11.1 Å². The number of halogens is 6. The first-order valence-corrected chi connectivity index (χ1v) is 6.26. The molecule has 0 bridgehead atoms. The summed E-state index contributed by atoms with van der Waals surface area (Å²) < 4.78 is 37.7. The summed E-state index contributed by atoms with van der Waals surface area (Å²) in [5, 5.41) is 7.62. The monoisotopic (exact) mass is 342 g/mol. The third kappa shape index (κ3) is 3.51. The molecule has 0 heterocycles. The lowest BCUT2D eigenvalue weighted by Gasteiger charge is -2.17. The molecular weight excluding hydrogens is 335 g/mol. The molecule has 0 aliphatic carbocycles. The fourth-order valence-electron chi connectivity index (χ4n) is 1.52. The van der Waals surface area contributed by atoms with Gasteiger partial charge >= 0.3 is 6.18 Å². The maximum atomic E-state index is 12.6. The van der Waals surface area contributed by atoms with Crippen molar-refractivity contribution in [3.8, 4) is 6.07 Å². The first kappa shape index (κ1) is 17.0. The number of benzene rings is 1. The lowest BCUT2D eigenvalue weighted by atomic mass is 10.1. The number of hydrogen-bond acceptors (Lipinski definition) is 2. The van der Waals surface area contributed by atoms with Gasteiger partial charge in [0.15, 0.2) is 0 Å². The van der Waals surface area contributed by atoms with Crippen molar-refractivity contribution in [3.63, 3.8) is 0 Å². The van der Waals surface area contributed by atoms with Crippen LogP contribution >= 0.6 is 34.8 Å². The van der Waals surface area contributed by atoms with Gasteiger partial charge in [-0.05, 0) is 17.7 Å². The number of rotatable bonds is 2. The van der Waals surface area contributed by atoms with Crippen LogP contribution in [0.1, 0.15) is 5.56 Å². The molecule has 0 fully saturated rings. The molecule has 0 spiro atoms. The average Bonchev–Trinajstić information content (AvgIpc) is 2.26. The number of nitrogens with zero attached hydrogens (tertiary/aromatic N) is 2. The second kappa shape index (κ2) is 6.13. The van der Waals surface area contributed by atoms with Gasteiger partial charge < -0.3 is 4.90 Å². The summed E-state index contributed by atoms with van der Waals surface area (Å²) in [6.07, 6.45) is -4.81. The lowest BCUT2D eigenvalue weighted by molar-refractivity contribution is -0.0839. The Labute approximate surface area is 128 Å². The van der Waals surface area contributed by atoms with E-state index in [1.807, 2.05) is 0 Å². The predicted octanol–water partition coefficient (Wildman–Crippen LogP) is 5.10. The van der Waals surface area contributed by atoms with Crippen LogP contribution in [0.2, 0.25) is 10.0 Å². The molecule has 8 heteroatoms. The van der Waals surface area contributed by atoms with Gasteiger partial charge in [-0.15, -0.1) is 0 Å². The van der Waals surface area contributed by atoms with Crippen molar-refractivity contribution in [3.05, 3.63) is 32.8 Å². The molecule has 0 amide bonds. The van der Waals surface area contributed by atoms with Crippen molar-refractivity contribution in [2.45, 2.75) is 6.18 Å². The highest BCUT2D eigenvalue weighted by molar-refractivity contribution is 6.40. The van der Waals surface area contributed by atoms with E-state index >= 15 is 0 Å². The molecule has 0 aliphatic heterocycles. The Hall–Kier alpha value is -1.09. The number of alkyl halides is 3. The summed E-state index contributed by atoms with van der Waals surface area (Å²) in [4.78, 5) is 1.61. The van der Waals surface area contributed by atoms with Crippen LogP contribution in [0.4, 0.5) is 18.9 Å². The third-order valence-electron chi connectivity index (χ3n) is 2.33. The molecular formula is C12H8Cl3F3N2. The van der Waals surface area contributed by atoms with Crippen molar-refractivity contribution < 1.29 is 13.2 Å². The highest BCUT2D eigenvalue weighted by Crippen LogP contribution is 2.39. The Morgan fingerprint density at radius 3 is 1.95 bits per heavy atom. The number of nitriles is 1. The summed E-state index contributed by atoms with van der Waals surface area (Å²) in [5.41, 5.74) is -0.374. The van der Waals surface area contributed by atoms with Gasteiger partial charge in [0.25, 0.3) is 0 Å². The molecule has 1 aromatic rings. The van der Waals surface area contributed by atoms with E-state index < -0.39 is 16.8 Å². The minimum absolute atomic E-state index is 0.0876. The number of hydrogen-bond donors (Lipinski definition) is 0. The highest BCUT2D eigenvalue weighted by Gasteiger charge is 2.36. The molecule has 0 saturated heterocycles. The molecule has 0 N–H and O–H groups in total. The number of allylic oxidation sites excluding steroid dienone is 2. The van der Waals surface area contributed by atoms with E-state index in [9.17, 15) is 13.2 Å². The topological polar surface area (TPSA) is 27.0 Å². The van der Waals surface area contributed by atoms with Crippen molar-refractivity contribution in [2.75, 3.05) is 19.0 Å². The minimum Gasteiger partial charge on any atom is -0.375 e. The normalized spacial score (nSPS) is 12.8. The quantitative estimate of drug-likeness (QED) is 0.699. The second-order valence-electron chi connectivity index (χ2n) is 3.98. The van der Waals surface area contributed by atoms with Crippen molar-refractivity contribution in [1.82, 2.24) is 0 Å². The fraction of sp³-hybridized carbons (Fsp3) is 0.250. The zero-order valence-corrected chi connectivity index (χ0v) is 12.6. The maximum absolute atomic E-state index is 12.6. The first-order valence-electron chi connectivity index (χ1n) is 5.13. The van der Waals surface area contributed by atoms with E-state index in [-0.39, 0.29) is 15.6 Å². The van der Waals surface area contributed by atoms with E-state index in [0.29, 0.717) is 5.69 Å². The van der Waals surface area contributed by atoms with Gasteiger partial charge in [-0.3, -0.25) is 0 Å². The van der Waals surface area contributed by atoms with Crippen molar-refractivity contribution in [1.29, 1.82) is 5.26 Å². The van der Waals surface area contributed by atoms with E-state index in [1.165, 1.54) is 18.2 Å². The Morgan fingerprint density at radius 1 is 1.20 bits per heavy atom. The zero-order valence-electron chi connectivity index (χ0n) is 10.3. The smallest absolute Gasteiger partial charge is 0.375 e. The van der Waals surface area contributed by atoms with Gasteiger partial charge in [-0.1, -0.05) is 34.8 Å². The van der Waals surface area contributed by atoms with Gasteiger partial charge in [-0.2, -0.15) is 18.4 Å². The predicted molar refractivity (Wildman–Crippen MR) is 75.2 cm³/mol. The van der Waals surface area contributed by atoms with E-state index in [2.05, 4.69) is 0 Å². The molecule has 0 aromatic heterocycles. The summed E-state index contributed by atoms with van der Waals surface area (Å²) in [7, 11) is 3.35. The Kier molecular flexibility index (Phi) is 5.20. The van der Waals surface area contributed by atoms with Gasteiger partial charge in [-0.25, -0.2) is 0 Å². The minimum atomic E-state index is -4.81. The van der Waals surface area contributed by atoms with Gasteiger partial charge in [0.05, 0.1) is 21.3 Å². The van der Waals surface area contributed by atoms with Crippen molar-refractivity contribution in [2.24, 2.45) is 0 Å². The molecule has 20 heavy (non-hydrogen) atoms. The summed E-state index contributed by atoms with van der Waals surface area (Å²) in [5.74, 6) is 0. The van der Waals surface area contributed by atoms with Crippen LogP contribution in [0.25, 0.3) is 5.57 Å². The van der Waals surface area contributed by atoms with Crippen LogP contribution in [-0.2, 0) is 0 Å². The van der Waals surface area contributed by atoms with Crippen LogP contribution < -0.4 is 4.90 Å². The van der Waals surface area contributed by atoms with Gasteiger partial charge in [0, 0.05) is 14.1 Å². The van der Waals surface area contributed by atoms with Gasteiger partial charge in [0.2, 0.25) is 0 Å². The maximum Gasteiger partial charge on any atom is 0.428 e. The van der Waals surface area contributed by atoms with Crippen LogP contribution in [0.5, 0.6) is 0 Å². The van der Waals surface area contributed by atoms with Crippen LogP contribution in [-0.4, -0.2) is 20.3 Å². The van der Waals surface area contributed by atoms with E-state index in [1.54, 1.807) is 19.0 Å². The molecule has 0 saturated carbocycles. The van der Waals surface area contributed by atoms with Crippen LogP contribution in [0.3, 0.4) is 0 Å². The van der Waals surface area contributed by atoms with Crippen molar-refractivity contribution >= 4 is 46.1 Å². The largest absolute Gasteiger partial charge is 0.428 e. The standard InChI is InChI=1S/C12H8Cl3F3N2/c1-20(2)10-8(13)3-6(4-9(10)14)7(5-19)11(15)12(16,17)18/h3-4H,1-2H3. The van der Waals surface area contributed by atoms with Crippen LogP contribution in [0.15, 0.2) is 17.2 Å². The van der Waals surface area contributed by atoms with Crippen LogP contribution in [0, 0.1) is 11.3 Å². The molecule has 0 unspecified atom stereocenters. The summed E-state index contributed by atoms with van der Waals surface area (Å²) >= 11 is 17.1. The average molecular weight is 344 g/mol. The zero-order chi connectivity index (χ0) is 15.7. The summed E-state index contributed by atoms with van der Waals surface area (Å²) in [6, 6.07) is 3.86. The molecule has 108 valence electrons. The molecule has 0 radical (unpaired) electrons. The number of anilines is 1. The third-order valence-corrected chi connectivity index (χ3v) is 3.31.